The smallest absolute Gasteiger partial charge is 0.369 e. The average molecular weight is 619 g/mol. The summed E-state index contributed by atoms with van der Waals surface area (Å²) in [4.78, 5) is 42.2. The molecule has 6 rings (SSSR count). The summed E-state index contributed by atoms with van der Waals surface area (Å²) in [6, 6.07) is 21.9. The number of carbonyl (C=O) groups is 2. The molecule has 1 aromatic heterocycles. The third-order valence-electron chi connectivity index (χ3n) is 8.13. The fourth-order valence-corrected chi connectivity index (χ4v) is 6.67. The summed E-state index contributed by atoms with van der Waals surface area (Å²) < 4.78 is 42.0. The topological polar surface area (TPSA) is 83.4 Å². The van der Waals surface area contributed by atoms with E-state index in [2.05, 4.69) is 15.5 Å². The number of anilines is 3. The second kappa shape index (κ2) is 11.9. The second-order valence-corrected chi connectivity index (χ2v) is 11.9. The molecule has 3 aromatic carbocycles. The molecule has 2 aliphatic rings. The van der Waals surface area contributed by atoms with Crippen LogP contribution in [0.25, 0.3) is 0 Å². The Kier molecular flexibility index (Phi) is 7.98. The zero-order valence-corrected chi connectivity index (χ0v) is 24.5. The summed E-state index contributed by atoms with van der Waals surface area (Å²) in [6.07, 6.45) is -1.78. The Morgan fingerprint density at radius 2 is 1.55 bits per heavy atom. The van der Waals surface area contributed by atoms with Gasteiger partial charge in [0.2, 0.25) is 0 Å². The molecular weight excluding hydrogens is 589 g/mol. The fraction of sp³-hybridized carbons (Fsp3) is 0.242. The minimum atomic E-state index is -4.60. The van der Waals surface area contributed by atoms with Crippen molar-refractivity contribution in [3.63, 3.8) is 0 Å². The van der Waals surface area contributed by atoms with Gasteiger partial charge in [-0.3, -0.25) is 14.4 Å². The van der Waals surface area contributed by atoms with Crippen LogP contribution >= 0.6 is 11.8 Å². The van der Waals surface area contributed by atoms with E-state index in [0.29, 0.717) is 36.7 Å². The Morgan fingerprint density at radius 1 is 0.818 bits per heavy atom. The van der Waals surface area contributed by atoms with Crippen molar-refractivity contribution >= 4 is 40.6 Å². The van der Waals surface area contributed by atoms with Crippen molar-refractivity contribution in [3.8, 4) is 0 Å². The van der Waals surface area contributed by atoms with Gasteiger partial charge in [0.15, 0.2) is 0 Å². The molecule has 2 bridgehead atoms. The first kappa shape index (κ1) is 29.6. The van der Waals surface area contributed by atoms with E-state index >= 15 is 0 Å². The van der Waals surface area contributed by atoms with Crippen LogP contribution < -0.4 is 21.1 Å². The number of amides is 2. The first-order valence-corrected chi connectivity index (χ1v) is 15.3. The van der Waals surface area contributed by atoms with Crippen molar-refractivity contribution in [2.45, 2.75) is 30.0 Å². The summed E-state index contributed by atoms with van der Waals surface area (Å²) in [6.45, 7) is 1.75. The van der Waals surface area contributed by atoms with Crippen molar-refractivity contribution < 1.29 is 22.8 Å². The predicted molar refractivity (Wildman–Crippen MR) is 166 cm³/mol. The number of benzene rings is 3. The first-order valence-electron chi connectivity index (χ1n) is 14.1. The highest BCUT2D eigenvalue weighted by molar-refractivity contribution is 7.98. The van der Waals surface area contributed by atoms with Crippen LogP contribution in [0, 0.1) is 5.92 Å². The molecule has 2 N–H and O–H groups in total. The molecular formula is C33H29F3N4O3S. The highest BCUT2D eigenvalue weighted by atomic mass is 32.2. The monoisotopic (exact) mass is 618 g/mol. The molecule has 0 saturated carbocycles. The van der Waals surface area contributed by atoms with E-state index in [1.165, 1.54) is 23.9 Å². The highest BCUT2D eigenvalue weighted by Crippen LogP contribution is 2.40. The molecule has 226 valence electrons. The summed E-state index contributed by atoms with van der Waals surface area (Å²) in [5, 5.41) is 5.71. The molecule has 2 atom stereocenters. The molecule has 4 aromatic rings. The Bertz CT molecular complexity index is 1810. The summed E-state index contributed by atoms with van der Waals surface area (Å²) in [7, 11) is 0. The number of nitrogens with zero attached hydrogens (tertiary/aromatic N) is 2. The number of pyridine rings is 1. The Balaban J connectivity index is 1.34. The van der Waals surface area contributed by atoms with Gasteiger partial charge in [-0.05, 0) is 73.2 Å². The maximum atomic E-state index is 13.4. The lowest BCUT2D eigenvalue weighted by Crippen LogP contribution is -2.47. The van der Waals surface area contributed by atoms with Gasteiger partial charge in [-0.25, -0.2) is 0 Å². The van der Waals surface area contributed by atoms with Gasteiger partial charge in [0.1, 0.15) is 0 Å². The third-order valence-corrected chi connectivity index (χ3v) is 8.93. The highest BCUT2D eigenvalue weighted by Gasteiger charge is 2.36. The molecule has 2 amide bonds. The number of halogens is 3. The number of hydrogen-bond donors (Lipinski definition) is 2. The SMILES string of the molecule is CSc1ccccc1NC(=O)c1ccc(N2C[C@H]3C[C@@H](C2)c2cccc(=O)n2C3)c(NC(=O)c2cccc(C(F)(F)F)c2)c1. The van der Waals surface area contributed by atoms with Crippen LogP contribution in [0.2, 0.25) is 0 Å². The van der Waals surface area contributed by atoms with Gasteiger partial charge in [0.25, 0.3) is 17.4 Å². The molecule has 3 heterocycles. The lowest BCUT2D eigenvalue weighted by atomic mass is 9.83. The van der Waals surface area contributed by atoms with Gasteiger partial charge in [0, 0.05) is 53.3 Å². The fourth-order valence-electron chi connectivity index (χ4n) is 6.12. The van der Waals surface area contributed by atoms with Gasteiger partial charge >= 0.3 is 6.18 Å². The van der Waals surface area contributed by atoms with E-state index in [9.17, 15) is 27.6 Å². The minimum absolute atomic E-state index is 0.0295. The number of hydrogen-bond acceptors (Lipinski definition) is 5. The van der Waals surface area contributed by atoms with Crippen LogP contribution in [0.1, 0.15) is 44.3 Å². The van der Waals surface area contributed by atoms with Crippen molar-refractivity contribution in [1.29, 1.82) is 0 Å². The summed E-state index contributed by atoms with van der Waals surface area (Å²) >= 11 is 1.49. The Morgan fingerprint density at radius 3 is 2.32 bits per heavy atom. The van der Waals surface area contributed by atoms with Crippen molar-refractivity contribution in [1.82, 2.24) is 4.57 Å². The number of para-hydroxylation sites is 1. The third kappa shape index (κ3) is 5.96. The largest absolute Gasteiger partial charge is 0.416 e. The molecule has 7 nitrogen and oxygen atoms in total. The van der Waals surface area contributed by atoms with Crippen LogP contribution in [-0.2, 0) is 12.7 Å². The number of fused-ring (bicyclic) bond motifs is 4. The van der Waals surface area contributed by atoms with Crippen LogP contribution in [0.5, 0.6) is 0 Å². The number of thioether (sulfide) groups is 1. The Labute approximate surface area is 256 Å². The van der Waals surface area contributed by atoms with E-state index in [0.717, 1.165) is 29.1 Å². The molecule has 1 fully saturated rings. The lowest BCUT2D eigenvalue weighted by Gasteiger charge is -2.44. The number of rotatable bonds is 6. The van der Waals surface area contributed by atoms with Crippen molar-refractivity contribution in [2.75, 3.05) is 34.9 Å². The van der Waals surface area contributed by atoms with Crippen LogP contribution in [0.4, 0.5) is 30.2 Å². The van der Waals surface area contributed by atoms with Gasteiger partial charge in [-0.2, -0.15) is 13.2 Å². The van der Waals surface area contributed by atoms with Crippen LogP contribution in [-0.4, -0.2) is 35.7 Å². The van der Waals surface area contributed by atoms with Crippen LogP contribution in [0.3, 0.4) is 0 Å². The number of alkyl halides is 3. The number of nitrogens with one attached hydrogen (secondary N) is 2. The standard InChI is InChI=1S/C33H29F3N4O3S/c1-44-29-10-3-2-8-25(29)37-32(43)22-12-13-28(26(16-22)38-31(42)21-6-4-7-24(15-21)33(34,35)36)39-17-20-14-23(19-39)27-9-5-11-30(41)40(27)18-20/h2-13,15-16,20,23H,14,17-19H2,1H3,(H,37,43)(H,38,42)/t20-,23+/m1/s1. The zero-order chi connectivity index (χ0) is 31.0. The normalized spacial score (nSPS) is 17.5. The lowest BCUT2D eigenvalue weighted by molar-refractivity contribution is -0.137. The van der Waals surface area contributed by atoms with E-state index < -0.39 is 23.6 Å². The molecule has 0 aliphatic carbocycles. The predicted octanol–water partition coefficient (Wildman–Crippen LogP) is 6.72. The molecule has 0 spiro atoms. The summed E-state index contributed by atoms with van der Waals surface area (Å²) in [5.74, 6) is -0.859. The minimum Gasteiger partial charge on any atom is -0.369 e. The van der Waals surface area contributed by atoms with Gasteiger partial charge in [0.05, 0.1) is 22.6 Å². The van der Waals surface area contributed by atoms with Crippen LogP contribution in [0.15, 0.2) is 94.6 Å². The molecule has 2 aliphatic heterocycles. The van der Waals surface area contributed by atoms with E-state index in [1.54, 1.807) is 36.4 Å². The number of piperidine rings is 1. The molecule has 1 saturated heterocycles. The maximum Gasteiger partial charge on any atom is 0.416 e. The quantitative estimate of drug-likeness (QED) is 0.235. The van der Waals surface area contributed by atoms with E-state index in [1.807, 2.05) is 35.1 Å². The number of aromatic nitrogens is 1. The molecule has 44 heavy (non-hydrogen) atoms. The van der Waals surface area contributed by atoms with Gasteiger partial charge < -0.3 is 20.1 Å². The molecule has 0 radical (unpaired) electrons. The Hall–Kier alpha value is -4.51. The molecule has 0 unspecified atom stereocenters. The summed E-state index contributed by atoms with van der Waals surface area (Å²) in [5.41, 5.74) is 1.72. The van der Waals surface area contributed by atoms with Crippen molar-refractivity contribution in [2.24, 2.45) is 5.92 Å². The maximum absolute atomic E-state index is 13.4. The van der Waals surface area contributed by atoms with Gasteiger partial charge in [-0.1, -0.05) is 24.3 Å². The van der Waals surface area contributed by atoms with Gasteiger partial charge in [-0.15, -0.1) is 11.8 Å². The van der Waals surface area contributed by atoms with E-state index in [4.69, 9.17) is 0 Å². The zero-order valence-electron chi connectivity index (χ0n) is 23.7. The second-order valence-electron chi connectivity index (χ2n) is 11.0. The molecule has 11 heteroatoms. The van der Waals surface area contributed by atoms with E-state index in [-0.39, 0.29) is 28.5 Å². The average Bonchev–Trinajstić information content (AvgIpc) is 3.01. The first-order chi connectivity index (χ1) is 21.1. The van der Waals surface area contributed by atoms with Crippen molar-refractivity contribution in [3.05, 3.63) is 118 Å². The number of carbonyl (C=O) groups excluding carboxylic acids is 2.